The van der Waals surface area contributed by atoms with E-state index in [0.29, 0.717) is 17.4 Å². The van der Waals surface area contributed by atoms with Crippen molar-refractivity contribution < 1.29 is 9.90 Å². The smallest absolute Gasteiger partial charge is 0.329 e. The van der Waals surface area contributed by atoms with E-state index in [2.05, 4.69) is 15.3 Å². The largest absolute Gasteiger partial charge is 0.480 e. The molecule has 2 N–H and O–H groups in total. The number of nitrogens with zero attached hydrogens (tertiary/aromatic N) is 2. The molecule has 1 unspecified atom stereocenters. The van der Waals surface area contributed by atoms with Gasteiger partial charge in [0, 0.05) is 18.4 Å². The fourth-order valence-corrected chi connectivity index (χ4v) is 1.77. The number of carboxylic acids is 1. The molecule has 1 fully saturated rings. The van der Waals surface area contributed by atoms with E-state index in [1.54, 1.807) is 20.0 Å². The number of hydrogen-bond acceptors (Lipinski definition) is 4. The van der Waals surface area contributed by atoms with Crippen LogP contribution < -0.4 is 5.32 Å². The van der Waals surface area contributed by atoms with Crippen molar-refractivity contribution in [3.63, 3.8) is 0 Å². The van der Waals surface area contributed by atoms with Gasteiger partial charge in [0.25, 0.3) is 0 Å². The molecule has 1 aliphatic rings. The molecule has 1 aromatic heterocycles. The zero-order chi connectivity index (χ0) is 11.8. The Morgan fingerprint density at radius 3 is 2.62 bits per heavy atom. The predicted octanol–water partition coefficient (Wildman–Crippen LogP) is 0.837. The van der Waals surface area contributed by atoms with Gasteiger partial charge in [-0.25, -0.2) is 4.79 Å². The topological polar surface area (TPSA) is 75.1 Å². The van der Waals surface area contributed by atoms with Crippen LogP contribution in [0.3, 0.4) is 0 Å². The van der Waals surface area contributed by atoms with E-state index in [1.807, 2.05) is 0 Å². The van der Waals surface area contributed by atoms with Crippen LogP contribution in [0.4, 0.5) is 0 Å². The van der Waals surface area contributed by atoms with E-state index >= 15 is 0 Å². The molecule has 1 saturated carbocycles. The summed E-state index contributed by atoms with van der Waals surface area (Å²) >= 11 is 0. The highest BCUT2D eigenvalue weighted by atomic mass is 16.4. The summed E-state index contributed by atoms with van der Waals surface area (Å²) in [5.41, 5.74) is 0.00873. The van der Waals surface area contributed by atoms with Gasteiger partial charge in [0.05, 0.1) is 11.4 Å². The van der Waals surface area contributed by atoms with Crippen LogP contribution in [0.1, 0.15) is 31.2 Å². The molecule has 0 radical (unpaired) electrons. The third kappa shape index (κ3) is 1.90. The molecule has 1 heterocycles. The zero-order valence-electron chi connectivity index (χ0n) is 9.40. The summed E-state index contributed by atoms with van der Waals surface area (Å²) < 4.78 is 0. The molecule has 0 aromatic carbocycles. The van der Waals surface area contributed by atoms with Crippen LogP contribution in [-0.2, 0) is 10.3 Å². The standard InChI is InChI=1S/C11H15N3O2/c1-7-9(13-6-5-12-7)11(2,10(15)16)14-8-3-4-8/h5-6,8,14H,3-4H2,1-2H3,(H,15,16). The SMILES string of the molecule is Cc1nccnc1C(C)(NC1CC1)C(=O)O. The van der Waals surface area contributed by atoms with Crippen LogP contribution in [0.5, 0.6) is 0 Å². The fourth-order valence-electron chi connectivity index (χ4n) is 1.77. The number of hydrogen-bond donors (Lipinski definition) is 2. The summed E-state index contributed by atoms with van der Waals surface area (Å²) in [4.78, 5) is 19.6. The van der Waals surface area contributed by atoms with Gasteiger partial charge < -0.3 is 5.11 Å². The second-order valence-corrected chi connectivity index (χ2v) is 4.34. The molecule has 16 heavy (non-hydrogen) atoms. The van der Waals surface area contributed by atoms with Gasteiger partial charge in [-0.2, -0.15) is 0 Å². The van der Waals surface area contributed by atoms with Gasteiger partial charge in [-0.1, -0.05) is 0 Å². The van der Waals surface area contributed by atoms with Crippen LogP contribution in [0.15, 0.2) is 12.4 Å². The van der Waals surface area contributed by atoms with E-state index < -0.39 is 11.5 Å². The molecule has 86 valence electrons. The van der Waals surface area contributed by atoms with Crippen LogP contribution in [0.25, 0.3) is 0 Å². The van der Waals surface area contributed by atoms with E-state index in [9.17, 15) is 9.90 Å². The lowest BCUT2D eigenvalue weighted by Crippen LogP contribution is -2.49. The molecule has 0 amide bonds. The zero-order valence-corrected chi connectivity index (χ0v) is 9.40. The molecule has 5 nitrogen and oxygen atoms in total. The number of aromatic nitrogens is 2. The second kappa shape index (κ2) is 3.83. The second-order valence-electron chi connectivity index (χ2n) is 4.34. The highest BCUT2D eigenvalue weighted by Gasteiger charge is 2.42. The van der Waals surface area contributed by atoms with Crippen molar-refractivity contribution in [2.75, 3.05) is 0 Å². The molecule has 0 saturated heterocycles. The Morgan fingerprint density at radius 1 is 1.50 bits per heavy atom. The highest BCUT2D eigenvalue weighted by Crippen LogP contribution is 2.28. The van der Waals surface area contributed by atoms with E-state index in [4.69, 9.17) is 0 Å². The molecule has 0 bridgehead atoms. The number of rotatable bonds is 4. The number of carboxylic acid groups (broad SMARTS) is 1. The Morgan fingerprint density at radius 2 is 2.12 bits per heavy atom. The van der Waals surface area contributed by atoms with Crippen LogP contribution >= 0.6 is 0 Å². The number of carbonyl (C=O) groups is 1. The first-order chi connectivity index (χ1) is 7.54. The van der Waals surface area contributed by atoms with Crippen molar-refractivity contribution in [3.05, 3.63) is 23.8 Å². The molecule has 5 heteroatoms. The van der Waals surface area contributed by atoms with Crippen molar-refractivity contribution in [2.24, 2.45) is 0 Å². The summed E-state index contributed by atoms with van der Waals surface area (Å²) in [5.74, 6) is -0.914. The monoisotopic (exact) mass is 221 g/mol. The molecule has 0 spiro atoms. The summed E-state index contributed by atoms with van der Waals surface area (Å²) in [6.45, 7) is 3.42. The number of aliphatic carboxylic acids is 1. The fraction of sp³-hybridized carbons (Fsp3) is 0.545. The third-order valence-electron chi connectivity index (χ3n) is 2.85. The third-order valence-corrected chi connectivity index (χ3v) is 2.85. The van der Waals surface area contributed by atoms with Gasteiger partial charge in [-0.05, 0) is 26.7 Å². The van der Waals surface area contributed by atoms with Crippen molar-refractivity contribution >= 4 is 5.97 Å². The predicted molar refractivity (Wildman–Crippen MR) is 57.9 cm³/mol. The summed E-state index contributed by atoms with van der Waals surface area (Å²) in [7, 11) is 0. The van der Waals surface area contributed by atoms with Crippen LogP contribution in [0, 0.1) is 6.92 Å². The normalized spacial score (nSPS) is 19.1. The van der Waals surface area contributed by atoms with Gasteiger partial charge in [0.15, 0.2) is 5.54 Å². The molecule has 1 atom stereocenters. The van der Waals surface area contributed by atoms with Crippen molar-refractivity contribution in [1.29, 1.82) is 0 Å². The van der Waals surface area contributed by atoms with Crippen LogP contribution in [0.2, 0.25) is 0 Å². The molecular weight excluding hydrogens is 206 g/mol. The summed E-state index contributed by atoms with van der Waals surface area (Å²) in [6, 6.07) is 0.294. The summed E-state index contributed by atoms with van der Waals surface area (Å²) in [6.07, 6.45) is 5.15. The average Bonchev–Trinajstić information content (AvgIpc) is 3.01. The Balaban J connectivity index is 2.38. The molecule has 0 aliphatic heterocycles. The Bertz CT molecular complexity index is 417. The quantitative estimate of drug-likeness (QED) is 0.788. The lowest BCUT2D eigenvalue weighted by atomic mass is 9.95. The first-order valence-electron chi connectivity index (χ1n) is 5.33. The minimum absolute atomic E-state index is 0.294. The van der Waals surface area contributed by atoms with Gasteiger partial charge in [-0.15, -0.1) is 0 Å². The minimum atomic E-state index is -1.14. The first-order valence-corrected chi connectivity index (χ1v) is 5.33. The molecule has 1 aromatic rings. The number of aryl methyl sites for hydroxylation is 1. The van der Waals surface area contributed by atoms with Crippen molar-refractivity contribution in [2.45, 2.75) is 38.3 Å². The summed E-state index contributed by atoms with van der Waals surface area (Å²) in [5, 5.41) is 12.5. The Hall–Kier alpha value is -1.49. The lowest BCUT2D eigenvalue weighted by molar-refractivity contribution is -0.144. The van der Waals surface area contributed by atoms with E-state index in [1.165, 1.54) is 6.20 Å². The molecule has 2 rings (SSSR count). The maximum absolute atomic E-state index is 11.4. The Labute approximate surface area is 93.9 Å². The minimum Gasteiger partial charge on any atom is -0.480 e. The van der Waals surface area contributed by atoms with Gasteiger partial charge in [0.2, 0.25) is 0 Å². The van der Waals surface area contributed by atoms with Crippen molar-refractivity contribution in [3.8, 4) is 0 Å². The van der Waals surface area contributed by atoms with Gasteiger partial charge in [-0.3, -0.25) is 15.3 Å². The van der Waals surface area contributed by atoms with E-state index in [0.717, 1.165) is 12.8 Å². The van der Waals surface area contributed by atoms with Crippen molar-refractivity contribution in [1.82, 2.24) is 15.3 Å². The Kier molecular flexibility index (Phi) is 2.63. The molecule has 1 aliphatic carbocycles. The van der Waals surface area contributed by atoms with Gasteiger partial charge in [0.1, 0.15) is 0 Å². The maximum Gasteiger partial charge on any atom is 0.329 e. The lowest BCUT2D eigenvalue weighted by Gasteiger charge is -2.26. The van der Waals surface area contributed by atoms with Crippen LogP contribution in [-0.4, -0.2) is 27.1 Å². The maximum atomic E-state index is 11.4. The van der Waals surface area contributed by atoms with E-state index in [-0.39, 0.29) is 0 Å². The average molecular weight is 221 g/mol. The molecular formula is C11H15N3O2. The number of nitrogens with one attached hydrogen (secondary N) is 1. The van der Waals surface area contributed by atoms with Gasteiger partial charge >= 0.3 is 5.97 Å². The highest BCUT2D eigenvalue weighted by molar-refractivity contribution is 5.80. The first kappa shape index (κ1) is 11.0.